The number of benzene rings is 1. The van der Waals surface area contributed by atoms with Crippen LogP contribution in [0.4, 0.5) is 5.69 Å². The Morgan fingerprint density at radius 1 is 1.12 bits per heavy atom. The summed E-state index contributed by atoms with van der Waals surface area (Å²) in [5.74, 6) is 1.84. The molecule has 134 valence electrons. The molecule has 0 saturated carbocycles. The van der Waals surface area contributed by atoms with E-state index in [1.807, 2.05) is 12.1 Å². The van der Waals surface area contributed by atoms with Gasteiger partial charge in [0.25, 0.3) is 5.91 Å². The molecule has 3 rings (SSSR count). The van der Waals surface area contributed by atoms with Crippen molar-refractivity contribution >= 4 is 11.6 Å². The van der Waals surface area contributed by atoms with Crippen LogP contribution in [-0.2, 0) is 6.61 Å². The second-order valence-corrected chi connectivity index (χ2v) is 6.12. The molecule has 5 nitrogen and oxygen atoms in total. The highest BCUT2D eigenvalue weighted by Crippen LogP contribution is 2.22. The van der Waals surface area contributed by atoms with Gasteiger partial charge in [-0.1, -0.05) is 26.0 Å². The fourth-order valence-electron chi connectivity index (χ4n) is 2.49. The first-order valence-corrected chi connectivity index (χ1v) is 8.68. The van der Waals surface area contributed by atoms with Crippen molar-refractivity contribution in [3.63, 3.8) is 0 Å². The average Bonchev–Trinajstić information content (AvgIpc) is 3.16. The van der Waals surface area contributed by atoms with Gasteiger partial charge < -0.3 is 14.5 Å². The molecule has 1 amide bonds. The zero-order valence-electron chi connectivity index (χ0n) is 14.9. The van der Waals surface area contributed by atoms with E-state index in [2.05, 4.69) is 36.3 Å². The summed E-state index contributed by atoms with van der Waals surface area (Å²) in [7, 11) is 0. The average molecular weight is 350 g/mol. The lowest BCUT2D eigenvalue weighted by Crippen LogP contribution is -2.10. The van der Waals surface area contributed by atoms with Crippen LogP contribution in [0.1, 0.15) is 48.1 Å². The molecule has 2 heterocycles. The molecule has 0 aliphatic rings. The molecule has 0 radical (unpaired) electrons. The second-order valence-electron chi connectivity index (χ2n) is 6.12. The Hall–Kier alpha value is -3.08. The maximum Gasteiger partial charge on any atom is 0.291 e. The monoisotopic (exact) mass is 350 g/mol. The van der Waals surface area contributed by atoms with Crippen molar-refractivity contribution in [1.82, 2.24) is 4.98 Å². The smallest absolute Gasteiger partial charge is 0.291 e. The van der Waals surface area contributed by atoms with Crippen LogP contribution in [0.5, 0.6) is 5.75 Å². The minimum absolute atomic E-state index is 0.243. The number of furan rings is 1. The summed E-state index contributed by atoms with van der Waals surface area (Å²) < 4.78 is 11.3. The van der Waals surface area contributed by atoms with Crippen LogP contribution < -0.4 is 10.1 Å². The topological polar surface area (TPSA) is 64.4 Å². The van der Waals surface area contributed by atoms with E-state index in [4.69, 9.17) is 9.15 Å². The molecule has 0 aliphatic carbocycles. The van der Waals surface area contributed by atoms with Gasteiger partial charge in [-0.2, -0.15) is 0 Å². The Morgan fingerprint density at radius 2 is 1.85 bits per heavy atom. The van der Waals surface area contributed by atoms with Crippen LogP contribution in [0.15, 0.2) is 65.3 Å². The minimum atomic E-state index is -0.305. The third kappa shape index (κ3) is 4.51. The highest BCUT2D eigenvalue weighted by molar-refractivity contribution is 6.02. The van der Waals surface area contributed by atoms with Gasteiger partial charge in [-0.25, -0.2) is 0 Å². The molecular formula is C21H22N2O3. The van der Waals surface area contributed by atoms with E-state index in [1.54, 1.807) is 36.7 Å². The van der Waals surface area contributed by atoms with Crippen LogP contribution in [0.3, 0.4) is 0 Å². The standard InChI is InChI=1S/C21H22N2O3/c1-3-15(2)16-4-6-18(7-5-16)25-14-19-8-9-20(26-19)21(24)23-17-10-12-22-13-11-17/h4-13,15H,3,14H2,1-2H3,(H,22,23,24). The number of nitrogens with one attached hydrogen (secondary N) is 1. The number of anilines is 1. The highest BCUT2D eigenvalue weighted by atomic mass is 16.5. The number of rotatable bonds is 7. The van der Waals surface area contributed by atoms with E-state index in [0.29, 0.717) is 17.4 Å². The summed E-state index contributed by atoms with van der Waals surface area (Å²) >= 11 is 0. The lowest BCUT2D eigenvalue weighted by Gasteiger charge is -2.10. The number of carbonyl (C=O) groups excluding carboxylic acids is 1. The van der Waals surface area contributed by atoms with E-state index >= 15 is 0 Å². The molecule has 1 aromatic carbocycles. The number of hydrogen-bond acceptors (Lipinski definition) is 4. The molecule has 0 saturated heterocycles. The van der Waals surface area contributed by atoms with E-state index in [9.17, 15) is 4.79 Å². The zero-order valence-corrected chi connectivity index (χ0v) is 14.9. The van der Waals surface area contributed by atoms with Gasteiger partial charge in [0.15, 0.2) is 5.76 Å². The maximum atomic E-state index is 12.2. The number of ether oxygens (including phenoxy) is 1. The summed E-state index contributed by atoms with van der Waals surface area (Å²) in [5.41, 5.74) is 1.97. The summed E-state index contributed by atoms with van der Waals surface area (Å²) in [4.78, 5) is 16.1. The molecule has 3 aromatic rings. The Balaban J connectivity index is 1.56. The molecule has 2 aromatic heterocycles. The fourth-order valence-corrected chi connectivity index (χ4v) is 2.49. The largest absolute Gasteiger partial charge is 0.486 e. The van der Waals surface area contributed by atoms with Gasteiger partial charge in [0.2, 0.25) is 0 Å². The Labute approximate surface area is 153 Å². The molecule has 26 heavy (non-hydrogen) atoms. The molecule has 1 unspecified atom stereocenters. The summed E-state index contributed by atoms with van der Waals surface area (Å²) in [5, 5.41) is 2.75. The Morgan fingerprint density at radius 3 is 2.54 bits per heavy atom. The van der Waals surface area contributed by atoms with Crippen LogP contribution in [0.2, 0.25) is 0 Å². The Bertz CT molecular complexity index is 841. The van der Waals surface area contributed by atoms with Gasteiger partial charge in [0, 0.05) is 18.1 Å². The minimum Gasteiger partial charge on any atom is -0.486 e. The fraction of sp³-hybridized carbons (Fsp3) is 0.238. The number of hydrogen-bond donors (Lipinski definition) is 1. The SMILES string of the molecule is CCC(C)c1ccc(OCc2ccc(C(=O)Nc3ccncc3)o2)cc1. The summed E-state index contributed by atoms with van der Waals surface area (Å²) in [6.45, 7) is 4.65. The van der Waals surface area contributed by atoms with Gasteiger partial charge in [0.05, 0.1) is 0 Å². The maximum absolute atomic E-state index is 12.2. The molecule has 1 atom stereocenters. The number of amides is 1. The van der Waals surface area contributed by atoms with Crippen molar-refractivity contribution in [2.75, 3.05) is 5.32 Å². The van der Waals surface area contributed by atoms with Gasteiger partial charge in [-0.05, 0) is 54.3 Å². The van der Waals surface area contributed by atoms with Gasteiger partial charge >= 0.3 is 0 Å². The molecular weight excluding hydrogens is 328 g/mol. The van der Waals surface area contributed by atoms with Crippen molar-refractivity contribution < 1.29 is 13.9 Å². The quantitative estimate of drug-likeness (QED) is 0.650. The van der Waals surface area contributed by atoms with Crippen LogP contribution >= 0.6 is 0 Å². The predicted octanol–water partition coefficient (Wildman–Crippen LogP) is 5.02. The van der Waals surface area contributed by atoms with Crippen molar-refractivity contribution in [3.05, 3.63) is 78.0 Å². The normalized spacial score (nSPS) is 11.8. The third-order valence-electron chi connectivity index (χ3n) is 4.27. The number of carbonyl (C=O) groups is 1. The van der Waals surface area contributed by atoms with Crippen molar-refractivity contribution in [2.24, 2.45) is 0 Å². The van der Waals surface area contributed by atoms with Crippen molar-refractivity contribution in [2.45, 2.75) is 32.8 Å². The highest BCUT2D eigenvalue weighted by Gasteiger charge is 2.12. The van der Waals surface area contributed by atoms with E-state index in [-0.39, 0.29) is 18.3 Å². The van der Waals surface area contributed by atoms with E-state index in [1.165, 1.54) is 5.56 Å². The molecule has 0 spiro atoms. The van der Waals surface area contributed by atoms with E-state index in [0.717, 1.165) is 12.2 Å². The second kappa shape index (κ2) is 8.34. The molecule has 1 N–H and O–H groups in total. The first-order valence-electron chi connectivity index (χ1n) is 8.68. The summed E-state index contributed by atoms with van der Waals surface area (Å²) in [6, 6.07) is 14.9. The number of aromatic nitrogens is 1. The predicted molar refractivity (Wildman–Crippen MR) is 100 cm³/mol. The van der Waals surface area contributed by atoms with Crippen molar-refractivity contribution in [3.8, 4) is 5.75 Å². The number of pyridine rings is 1. The third-order valence-corrected chi connectivity index (χ3v) is 4.27. The first-order chi connectivity index (χ1) is 12.7. The van der Waals surface area contributed by atoms with Gasteiger partial charge in [-0.3, -0.25) is 9.78 Å². The van der Waals surface area contributed by atoms with E-state index < -0.39 is 0 Å². The Kier molecular flexibility index (Phi) is 5.69. The zero-order chi connectivity index (χ0) is 18.4. The molecule has 0 aliphatic heterocycles. The van der Waals surface area contributed by atoms with Crippen LogP contribution in [0.25, 0.3) is 0 Å². The van der Waals surface area contributed by atoms with Crippen LogP contribution in [-0.4, -0.2) is 10.9 Å². The first kappa shape index (κ1) is 17.7. The van der Waals surface area contributed by atoms with Crippen molar-refractivity contribution in [1.29, 1.82) is 0 Å². The molecule has 0 bridgehead atoms. The van der Waals surface area contributed by atoms with Crippen LogP contribution in [0, 0.1) is 0 Å². The summed E-state index contributed by atoms with van der Waals surface area (Å²) in [6.07, 6.45) is 4.34. The lowest BCUT2D eigenvalue weighted by atomic mass is 9.99. The molecule has 5 heteroatoms. The molecule has 0 fully saturated rings. The lowest BCUT2D eigenvalue weighted by molar-refractivity contribution is 0.0992. The van der Waals surface area contributed by atoms with Gasteiger partial charge in [0.1, 0.15) is 18.1 Å². The number of nitrogens with zero attached hydrogens (tertiary/aromatic N) is 1. The van der Waals surface area contributed by atoms with Gasteiger partial charge in [-0.15, -0.1) is 0 Å².